The Morgan fingerprint density at radius 1 is 1.03 bits per heavy atom. The third-order valence-corrected chi connectivity index (χ3v) is 5.33. The van der Waals surface area contributed by atoms with Gasteiger partial charge in [0.25, 0.3) is 0 Å². The first kappa shape index (κ1) is 19.9. The van der Waals surface area contributed by atoms with E-state index in [1.807, 2.05) is 30.0 Å². The number of para-hydroxylation sites is 1. The van der Waals surface area contributed by atoms with Gasteiger partial charge in [0.1, 0.15) is 11.6 Å². The second kappa shape index (κ2) is 9.43. The summed E-state index contributed by atoms with van der Waals surface area (Å²) in [5.41, 5.74) is 2.38. The number of guanidine groups is 1. The smallest absolute Gasteiger partial charge is 0.194 e. The fourth-order valence-electron chi connectivity index (χ4n) is 3.68. The Bertz CT molecular complexity index is 955. The number of rotatable bonds is 5. The van der Waals surface area contributed by atoms with Gasteiger partial charge in [-0.05, 0) is 37.6 Å². The van der Waals surface area contributed by atoms with Gasteiger partial charge >= 0.3 is 0 Å². The molecule has 1 aliphatic heterocycles. The van der Waals surface area contributed by atoms with Gasteiger partial charge in [-0.15, -0.1) is 0 Å². The second-order valence-corrected chi connectivity index (χ2v) is 7.35. The molecular weight excluding hydrogens is 374 g/mol. The van der Waals surface area contributed by atoms with Crippen molar-refractivity contribution in [1.29, 1.82) is 0 Å². The molecule has 1 saturated heterocycles. The molecule has 0 bridgehead atoms. The van der Waals surface area contributed by atoms with Crippen LogP contribution in [0.4, 0.5) is 5.69 Å². The molecule has 7 heteroatoms. The lowest BCUT2D eigenvalue weighted by Gasteiger charge is -2.37. The molecule has 0 amide bonds. The highest BCUT2D eigenvalue weighted by molar-refractivity contribution is 5.80. The Hall–Kier alpha value is -3.35. The molecule has 0 unspecified atom stereocenters. The molecule has 2 aromatic heterocycles. The number of hydrogen-bond acceptors (Lipinski definition) is 4. The van der Waals surface area contributed by atoms with Gasteiger partial charge in [-0.25, -0.2) is 15.0 Å². The van der Waals surface area contributed by atoms with E-state index in [1.165, 1.54) is 5.69 Å². The van der Waals surface area contributed by atoms with E-state index in [-0.39, 0.29) is 0 Å². The largest absolute Gasteiger partial charge is 0.368 e. The van der Waals surface area contributed by atoms with Gasteiger partial charge in [-0.1, -0.05) is 24.3 Å². The van der Waals surface area contributed by atoms with Crippen LogP contribution >= 0.6 is 0 Å². The normalized spacial score (nSPS) is 14.8. The van der Waals surface area contributed by atoms with Crippen LogP contribution in [0.2, 0.25) is 0 Å². The van der Waals surface area contributed by atoms with Gasteiger partial charge in [0, 0.05) is 57.0 Å². The maximum atomic E-state index is 4.87. The number of imidazole rings is 1. The quantitative estimate of drug-likeness (QED) is 0.524. The molecule has 30 heavy (non-hydrogen) atoms. The van der Waals surface area contributed by atoms with Crippen LogP contribution in [0.1, 0.15) is 18.3 Å². The molecule has 3 heterocycles. The van der Waals surface area contributed by atoms with Crippen LogP contribution in [0, 0.1) is 6.92 Å². The fourth-order valence-corrected chi connectivity index (χ4v) is 3.68. The summed E-state index contributed by atoms with van der Waals surface area (Å²) < 4.78 is 1.98. The van der Waals surface area contributed by atoms with Crippen molar-refractivity contribution in [2.45, 2.75) is 20.4 Å². The van der Waals surface area contributed by atoms with Crippen LogP contribution in [0.25, 0.3) is 5.82 Å². The molecule has 0 radical (unpaired) electrons. The number of aromatic nitrogens is 3. The number of hydrogen-bond donors (Lipinski definition) is 1. The number of aryl methyl sites for hydroxylation is 1. The minimum atomic E-state index is 0.609. The van der Waals surface area contributed by atoms with Crippen LogP contribution in [-0.4, -0.2) is 58.1 Å². The summed E-state index contributed by atoms with van der Waals surface area (Å²) in [6, 6.07) is 14.7. The molecule has 7 nitrogen and oxygen atoms in total. The Kier molecular flexibility index (Phi) is 6.27. The summed E-state index contributed by atoms with van der Waals surface area (Å²) in [4.78, 5) is 18.5. The Morgan fingerprint density at radius 3 is 2.47 bits per heavy atom. The van der Waals surface area contributed by atoms with Gasteiger partial charge in [-0.2, -0.15) is 0 Å². The number of benzene rings is 1. The summed E-state index contributed by atoms with van der Waals surface area (Å²) in [6.07, 6.45) is 5.61. The van der Waals surface area contributed by atoms with Crippen LogP contribution in [0.15, 0.2) is 66.0 Å². The second-order valence-electron chi connectivity index (χ2n) is 7.35. The molecule has 1 fully saturated rings. The molecule has 4 rings (SSSR count). The SMILES string of the molecule is CCNC(=NCc1ccc(-n2ccnc2C)nc1)N1CCN(c2ccccc2)CC1. The van der Waals surface area contributed by atoms with Crippen molar-refractivity contribution in [3.8, 4) is 5.82 Å². The molecule has 3 aromatic rings. The maximum absolute atomic E-state index is 4.87. The monoisotopic (exact) mass is 403 g/mol. The van der Waals surface area contributed by atoms with Crippen molar-refractivity contribution in [1.82, 2.24) is 24.8 Å². The summed E-state index contributed by atoms with van der Waals surface area (Å²) in [5.74, 6) is 2.78. The van der Waals surface area contributed by atoms with Crippen LogP contribution in [-0.2, 0) is 6.54 Å². The number of nitrogens with zero attached hydrogens (tertiary/aromatic N) is 6. The molecule has 0 spiro atoms. The predicted molar refractivity (Wildman–Crippen MR) is 121 cm³/mol. The summed E-state index contributed by atoms with van der Waals surface area (Å²) in [5, 5.41) is 3.44. The lowest BCUT2D eigenvalue weighted by molar-refractivity contribution is 0.372. The Morgan fingerprint density at radius 2 is 1.83 bits per heavy atom. The van der Waals surface area contributed by atoms with Gasteiger partial charge in [0.05, 0.1) is 6.54 Å². The minimum Gasteiger partial charge on any atom is -0.368 e. The number of aliphatic imine (C=N–C) groups is 1. The van der Waals surface area contributed by atoms with Gasteiger partial charge in [-0.3, -0.25) is 4.57 Å². The van der Waals surface area contributed by atoms with Crippen molar-refractivity contribution >= 4 is 11.6 Å². The number of anilines is 1. The highest BCUT2D eigenvalue weighted by atomic mass is 15.3. The predicted octanol–water partition coefficient (Wildman–Crippen LogP) is 2.86. The van der Waals surface area contributed by atoms with E-state index in [1.54, 1.807) is 6.20 Å². The zero-order valence-electron chi connectivity index (χ0n) is 17.7. The van der Waals surface area contributed by atoms with E-state index in [9.17, 15) is 0 Å². The fraction of sp³-hybridized carbons (Fsp3) is 0.348. The molecule has 1 N–H and O–H groups in total. The van der Waals surface area contributed by atoms with E-state index >= 15 is 0 Å². The third kappa shape index (κ3) is 4.62. The van der Waals surface area contributed by atoms with E-state index in [0.717, 1.165) is 55.9 Å². The average Bonchev–Trinajstić information content (AvgIpc) is 3.23. The van der Waals surface area contributed by atoms with E-state index in [0.29, 0.717) is 6.54 Å². The molecule has 0 atom stereocenters. The van der Waals surface area contributed by atoms with Crippen LogP contribution in [0.3, 0.4) is 0 Å². The van der Waals surface area contributed by atoms with E-state index < -0.39 is 0 Å². The van der Waals surface area contributed by atoms with Crippen LogP contribution in [0.5, 0.6) is 0 Å². The van der Waals surface area contributed by atoms with E-state index in [4.69, 9.17) is 4.99 Å². The standard InChI is InChI=1S/C23H29N7/c1-3-24-23(29-15-13-28(14-16-29)21-7-5-4-6-8-21)27-18-20-9-10-22(26-17-20)30-12-11-25-19(30)2/h4-12,17H,3,13-16,18H2,1-2H3,(H,24,27). The van der Waals surface area contributed by atoms with Gasteiger partial charge in [0.2, 0.25) is 0 Å². The first-order valence-electron chi connectivity index (χ1n) is 10.5. The van der Waals surface area contributed by atoms with Crippen molar-refractivity contribution < 1.29 is 0 Å². The topological polar surface area (TPSA) is 61.6 Å². The number of pyridine rings is 1. The minimum absolute atomic E-state index is 0.609. The molecule has 156 valence electrons. The highest BCUT2D eigenvalue weighted by Crippen LogP contribution is 2.16. The van der Waals surface area contributed by atoms with E-state index in [2.05, 4.69) is 68.4 Å². The summed E-state index contributed by atoms with van der Waals surface area (Å²) in [7, 11) is 0. The molecule has 1 aromatic carbocycles. The molecular formula is C23H29N7. The Balaban J connectivity index is 1.39. The van der Waals surface area contributed by atoms with Gasteiger partial charge < -0.3 is 15.1 Å². The zero-order chi connectivity index (χ0) is 20.8. The highest BCUT2D eigenvalue weighted by Gasteiger charge is 2.19. The first-order chi connectivity index (χ1) is 14.7. The van der Waals surface area contributed by atoms with Crippen molar-refractivity contribution in [3.05, 3.63) is 72.4 Å². The zero-order valence-corrected chi connectivity index (χ0v) is 17.7. The number of nitrogens with one attached hydrogen (secondary N) is 1. The van der Waals surface area contributed by atoms with Crippen molar-refractivity contribution in [3.63, 3.8) is 0 Å². The first-order valence-corrected chi connectivity index (χ1v) is 10.5. The number of piperazine rings is 1. The van der Waals surface area contributed by atoms with Crippen molar-refractivity contribution in [2.24, 2.45) is 4.99 Å². The van der Waals surface area contributed by atoms with Gasteiger partial charge in [0.15, 0.2) is 5.96 Å². The summed E-state index contributed by atoms with van der Waals surface area (Å²) in [6.45, 7) is 9.45. The lowest BCUT2D eigenvalue weighted by Crippen LogP contribution is -2.52. The summed E-state index contributed by atoms with van der Waals surface area (Å²) >= 11 is 0. The average molecular weight is 404 g/mol. The van der Waals surface area contributed by atoms with Crippen LogP contribution < -0.4 is 10.2 Å². The third-order valence-electron chi connectivity index (χ3n) is 5.33. The maximum Gasteiger partial charge on any atom is 0.194 e. The Labute approximate surface area is 178 Å². The van der Waals surface area contributed by atoms with Crippen molar-refractivity contribution in [2.75, 3.05) is 37.6 Å². The lowest BCUT2D eigenvalue weighted by atomic mass is 10.2. The molecule has 1 aliphatic rings. The molecule has 0 aliphatic carbocycles. The molecule has 0 saturated carbocycles.